The second-order valence-electron chi connectivity index (χ2n) is 5.49. The van der Waals surface area contributed by atoms with Crippen LogP contribution in [0.25, 0.3) is 0 Å². The SMILES string of the molecule is CC(C)C1OCCC1CNC(=O)C1(N)CC1. The first-order valence-electron chi connectivity index (χ1n) is 6.22. The van der Waals surface area contributed by atoms with Crippen LogP contribution in [0.5, 0.6) is 0 Å². The van der Waals surface area contributed by atoms with Crippen LogP contribution in [0.2, 0.25) is 0 Å². The van der Waals surface area contributed by atoms with Crippen LogP contribution in [-0.2, 0) is 9.53 Å². The first-order valence-corrected chi connectivity index (χ1v) is 6.22. The molecule has 2 unspecified atom stereocenters. The molecule has 0 bridgehead atoms. The largest absolute Gasteiger partial charge is 0.378 e. The molecule has 3 N–H and O–H groups in total. The molecule has 0 aromatic rings. The number of carbonyl (C=O) groups is 1. The number of carbonyl (C=O) groups excluding carboxylic acids is 1. The van der Waals surface area contributed by atoms with Crippen molar-refractivity contribution in [3.05, 3.63) is 0 Å². The average molecular weight is 226 g/mol. The van der Waals surface area contributed by atoms with Gasteiger partial charge in [-0.25, -0.2) is 0 Å². The van der Waals surface area contributed by atoms with Crippen LogP contribution in [0.1, 0.15) is 33.1 Å². The molecule has 1 aliphatic heterocycles. The molecule has 4 nitrogen and oxygen atoms in total. The summed E-state index contributed by atoms with van der Waals surface area (Å²) in [5, 5.41) is 2.97. The normalized spacial score (nSPS) is 31.8. The van der Waals surface area contributed by atoms with Crippen molar-refractivity contribution in [2.75, 3.05) is 13.2 Å². The molecule has 16 heavy (non-hydrogen) atoms. The third-order valence-electron chi connectivity index (χ3n) is 3.69. The summed E-state index contributed by atoms with van der Waals surface area (Å²) in [6.45, 7) is 5.85. The minimum atomic E-state index is -0.549. The summed E-state index contributed by atoms with van der Waals surface area (Å²) in [4.78, 5) is 11.7. The quantitative estimate of drug-likeness (QED) is 0.740. The fourth-order valence-electron chi connectivity index (χ4n) is 2.37. The summed E-state index contributed by atoms with van der Waals surface area (Å²) in [6, 6.07) is 0. The predicted octanol–water partition coefficient (Wildman–Crippen LogP) is 0.655. The fourth-order valence-corrected chi connectivity index (χ4v) is 2.37. The summed E-state index contributed by atoms with van der Waals surface area (Å²) in [5.41, 5.74) is 5.28. The first-order chi connectivity index (χ1) is 7.53. The summed E-state index contributed by atoms with van der Waals surface area (Å²) >= 11 is 0. The zero-order chi connectivity index (χ0) is 11.8. The highest BCUT2D eigenvalue weighted by Gasteiger charge is 2.46. The lowest BCUT2D eigenvalue weighted by molar-refractivity contribution is -0.123. The lowest BCUT2D eigenvalue weighted by Gasteiger charge is -2.22. The molecule has 1 amide bonds. The number of amides is 1. The molecule has 4 heteroatoms. The summed E-state index contributed by atoms with van der Waals surface area (Å²) in [6.07, 6.45) is 2.98. The third-order valence-corrected chi connectivity index (χ3v) is 3.69. The van der Waals surface area contributed by atoms with E-state index in [1.54, 1.807) is 0 Å². The summed E-state index contributed by atoms with van der Waals surface area (Å²) in [5.74, 6) is 0.977. The van der Waals surface area contributed by atoms with Crippen LogP contribution >= 0.6 is 0 Å². The van der Waals surface area contributed by atoms with Crippen molar-refractivity contribution >= 4 is 5.91 Å². The van der Waals surface area contributed by atoms with Crippen LogP contribution in [-0.4, -0.2) is 30.7 Å². The minimum absolute atomic E-state index is 0.0157. The minimum Gasteiger partial charge on any atom is -0.378 e. The van der Waals surface area contributed by atoms with Crippen LogP contribution in [0.4, 0.5) is 0 Å². The van der Waals surface area contributed by atoms with E-state index < -0.39 is 5.54 Å². The lowest BCUT2D eigenvalue weighted by Crippen LogP contribution is -2.45. The van der Waals surface area contributed by atoms with E-state index in [0.29, 0.717) is 18.4 Å². The summed E-state index contributed by atoms with van der Waals surface area (Å²) < 4.78 is 5.68. The molecule has 2 rings (SSSR count). The third kappa shape index (κ3) is 2.38. The molecular formula is C12H22N2O2. The van der Waals surface area contributed by atoms with E-state index in [0.717, 1.165) is 25.9 Å². The Morgan fingerprint density at radius 3 is 2.81 bits per heavy atom. The van der Waals surface area contributed by atoms with Crippen LogP contribution < -0.4 is 11.1 Å². The van der Waals surface area contributed by atoms with Gasteiger partial charge in [-0.15, -0.1) is 0 Å². The highest BCUT2D eigenvalue weighted by molar-refractivity contribution is 5.88. The maximum atomic E-state index is 11.7. The van der Waals surface area contributed by atoms with Crippen molar-refractivity contribution in [3.63, 3.8) is 0 Å². The van der Waals surface area contributed by atoms with E-state index in [-0.39, 0.29) is 12.0 Å². The Balaban J connectivity index is 1.79. The Hall–Kier alpha value is -0.610. The van der Waals surface area contributed by atoms with Gasteiger partial charge >= 0.3 is 0 Å². The van der Waals surface area contributed by atoms with Gasteiger partial charge in [-0.1, -0.05) is 13.8 Å². The van der Waals surface area contributed by atoms with Gasteiger partial charge in [0.2, 0.25) is 5.91 Å². The molecule has 2 fully saturated rings. The molecule has 2 aliphatic rings. The highest BCUT2D eigenvalue weighted by Crippen LogP contribution is 2.32. The van der Waals surface area contributed by atoms with Gasteiger partial charge in [-0.2, -0.15) is 0 Å². The summed E-state index contributed by atoms with van der Waals surface area (Å²) in [7, 11) is 0. The standard InChI is InChI=1S/C12H22N2O2/c1-8(2)10-9(3-6-16-10)7-14-11(15)12(13)4-5-12/h8-10H,3-7,13H2,1-2H3,(H,14,15). The Morgan fingerprint density at radius 2 is 2.25 bits per heavy atom. The maximum absolute atomic E-state index is 11.7. The Kier molecular flexibility index (Phi) is 3.22. The van der Waals surface area contributed by atoms with Crippen LogP contribution in [0, 0.1) is 11.8 Å². The Labute approximate surface area is 96.9 Å². The molecule has 2 atom stereocenters. The lowest BCUT2D eigenvalue weighted by atomic mass is 9.93. The smallest absolute Gasteiger partial charge is 0.240 e. The molecule has 1 saturated heterocycles. The molecule has 0 spiro atoms. The van der Waals surface area contributed by atoms with Gasteiger partial charge in [0, 0.05) is 19.1 Å². The fraction of sp³-hybridized carbons (Fsp3) is 0.917. The van der Waals surface area contributed by atoms with Gasteiger partial charge in [0.05, 0.1) is 11.6 Å². The number of hydrogen-bond donors (Lipinski definition) is 2. The van der Waals surface area contributed by atoms with Crippen molar-refractivity contribution in [2.24, 2.45) is 17.6 Å². The van der Waals surface area contributed by atoms with Gasteiger partial charge in [0.15, 0.2) is 0 Å². The molecule has 92 valence electrons. The van der Waals surface area contributed by atoms with Crippen molar-refractivity contribution in [1.82, 2.24) is 5.32 Å². The van der Waals surface area contributed by atoms with Gasteiger partial charge < -0.3 is 15.8 Å². The van der Waals surface area contributed by atoms with E-state index in [1.807, 2.05) is 0 Å². The molecule has 1 saturated carbocycles. The Bertz CT molecular complexity index is 274. The van der Waals surface area contributed by atoms with Gasteiger partial charge in [0.1, 0.15) is 0 Å². The molecule has 0 aromatic heterocycles. The predicted molar refractivity (Wildman–Crippen MR) is 61.8 cm³/mol. The van der Waals surface area contributed by atoms with Gasteiger partial charge in [0.25, 0.3) is 0 Å². The van der Waals surface area contributed by atoms with Crippen molar-refractivity contribution in [3.8, 4) is 0 Å². The second-order valence-corrected chi connectivity index (χ2v) is 5.49. The van der Waals surface area contributed by atoms with E-state index in [1.165, 1.54) is 0 Å². The number of nitrogens with two attached hydrogens (primary N) is 1. The molecule has 1 heterocycles. The number of hydrogen-bond acceptors (Lipinski definition) is 3. The molecular weight excluding hydrogens is 204 g/mol. The maximum Gasteiger partial charge on any atom is 0.240 e. The van der Waals surface area contributed by atoms with E-state index in [2.05, 4.69) is 19.2 Å². The molecule has 0 aromatic carbocycles. The van der Waals surface area contributed by atoms with Crippen molar-refractivity contribution in [1.29, 1.82) is 0 Å². The van der Waals surface area contributed by atoms with Crippen LogP contribution in [0.15, 0.2) is 0 Å². The first kappa shape index (κ1) is 11.9. The Morgan fingerprint density at radius 1 is 1.56 bits per heavy atom. The van der Waals surface area contributed by atoms with Crippen molar-refractivity contribution in [2.45, 2.75) is 44.8 Å². The second kappa shape index (κ2) is 4.34. The number of nitrogens with one attached hydrogen (secondary N) is 1. The highest BCUT2D eigenvalue weighted by atomic mass is 16.5. The van der Waals surface area contributed by atoms with Gasteiger partial charge in [-0.3, -0.25) is 4.79 Å². The molecule has 0 radical (unpaired) electrons. The topological polar surface area (TPSA) is 64.3 Å². The number of ether oxygens (including phenoxy) is 1. The monoisotopic (exact) mass is 226 g/mol. The number of rotatable bonds is 4. The van der Waals surface area contributed by atoms with Crippen LogP contribution in [0.3, 0.4) is 0 Å². The molecule has 1 aliphatic carbocycles. The van der Waals surface area contributed by atoms with E-state index >= 15 is 0 Å². The zero-order valence-electron chi connectivity index (χ0n) is 10.2. The van der Waals surface area contributed by atoms with Crippen molar-refractivity contribution < 1.29 is 9.53 Å². The van der Waals surface area contributed by atoms with E-state index in [4.69, 9.17) is 10.5 Å². The van der Waals surface area contributed by atoms with E-state index in [9.17, 15) is 4.79 Å². The average Bonchev–Trinajstić information content (AvgIpc) is 2.82. The zero-order valence-corrected chi connectivity index (χ0v) is 10.2. The van der Waals surface area contributed by atoms with Gasteiger partial charge in [-0.05, 0) is 25.2 Å².